The van der Waals surface area contributed by atoms with E-state index in [1.54, 1.807) is 4.90 Å². The van der Waals surface area contributed by atoms with Crippen molar-refractivity contribution in [1.82, 2.24) is 4.90 Å². The summed E-state index contributed by atoms with van der Waals surface area (Å²) in [7, 11) is 0. The van der Waals surface area contributed by atoms with Gasteiger partial charge in [0.1, 0.15) is 4.32 Å². The van der Waals surface area contributed by atoms with Crippen LogP contribution in [0.1, 0.15) is 12.5 Å². The standard InChI is InChI=1S/C16H13NOS2/c1-2-17-15(18)14(20-16(17)19)10-11-7-8-12-5-3-4-6-13(12)9-11/h3-10H,2H2,1H3. The molecule has 2 aromatic carbocycles. The summed E-state index contributed by atoms with van der Waals surface area (Å²) in [6, 6.07) is 14.4. The maximum Gasteiger partial charge on any atom is 0.266 e. The number of carbonyl (C=O) groups excluding carboxylic acids is 1. The van der Waals surface area contributed by atoms with Crippen LogP contribution in [-0.4, -0.2) is 21.7 Å². The van der Waals surface area contributed by atoms with Crippen LogP contribution in [0, 0.1) is 0 Å². The van der Waals surface area contributed by atoms with Gasteiger partial charge in [0.05, 0.1) is 4.91 Å². The van der Waals surface area contributed by atoms with Crippen molar-refractivity contribution >= 4 is 51.1 Å². The van der Waals surface area contributed by atoms with Gasteiger partial charge in [0.15, 0.2) is 0 Å². The van der Waals surface area contributed by atoms with Crippen molar-refractivity contribution in [3.05, 3.63) is 52.9 Å². The molecule has 0 aliphatic carbocycles. The maximum absolute atomic E-state index is 12.2. The number of hydrogen-bond donors (Lipinski definition) is 0. The normalized spacial score (nSPS) is 17.4. The number of thiocarbonyl (C=S) groups is 1. The van der Waals surface area contributed by atoms with Gasteiger partial charge in [-0.05, 0) is 35.4 Å². The Morgan fingerprint density at radius 2 is 1.95 bits per heavy atom. The van der Waals surface area contributed by atoms with Gasteiger partial charge in [-0.1, -0.05) is 60.4 Å². The predicted octanol–water partition coefficient (Wildman–Crippen LogP) is 4.06. The second-order valence-electron chi connectivity index (χ2n) is 4.53. The summed E-state index contributed by atoms with van der Waals surface area (Å²) in [6.45, 7) is 2.56. The van der Waals surface area contributed by atoms with E-state index >= 15 is 0 Å². The van der Waals surface area contributed by atoms with Gasteiger partial charge in [-0.15, -0.1) is 0 Å². The summed E-state index contributed by atoms with van der Waals surface area (Å²) < 4.78 is 0.643. The van der Waals surface area contributed by atoms with Gasteiger partial charge in [0.2, 0.25) is 0 Å². The fourth-order valence-corrected chi connectivity index (χ4v) is 3.61. The summed E-state index contributed by atoms with van der Waals surface area (Å²) in [5.74, 6) is 0.00987. The molecule has 0 bridgehead atoms. The first kappa shape index (κ1) is 13.3. The average molecular weight is 299 g/mol. The zero-order valence-electron chi connectivity index (χ0n) is 11.0. The Balaban J connectivity index is 1.98. The minimum absolute atomic E-state index is 0.00987. The number of nitrogens with zero attached hydrogens (tertiary/aromatic N) is 1. The lowest BCUT2D eigenvalue weighted by Gasteiger charge is -2.09. The molecule has 1 saturated heterocycles. The van der Waals surface area contributed by atoms with Crippen LogP contribution in [0.2, 0.25) is 0 Å². The van der Waals surface area contributed by atoms with Crippen LogP contribution in [0.25, 0.3) is 16.8 Å². The van der Waals surface area contributed by atoms with E-state index in [2.05, 4.69) is 24.3 Å². The number of hydrogen-bond acceptors (Lipinski definition) is 3. The van der Waals surface area contributed by atoms with Crippen molar-refractivity contribution in [3.8, 4) is 0 Å². The largest absolute Gasteiger partial charge is 0.293 e. The maximum atomic E-state index is 12.2. The molecule has 2 aromatic rings. The van der Waals surface area contributed by atoms with Crippen LogP contribution >= 0.6 is 24.0 Å². The van der Waals surface area contributed by atoms with E-state index in [9.17, 15) is 4.79 Å². The Morgan fingerprint density at radius 1 is 1.20 bits per heavy atom. The monoisotopic (exact) mass is 299 g/mol. The second-order valence-corrected chi connectivity index (χ2v) is 6.21. The third kappa shape index (κ3) is 2.37. The highest BCUT2D eigenvalue weighted by Gasteiger charge is 2.30. The molecule has 1 aliphatic rings. The van der Waals surface area contributed by atoms with Crippen molar-refractivity contribution in [1.29, 1.82) is 0 Å². The molecular formula is C16H13NOS2. The minimum atomic E-state index is 0.00987. The molecule has 3 rings (SSSR count). The molecule has 0 unspecified atom stereocenters. The third-order valence-electron chi connectivity index (χ3n) is 3.26. The van der Waals surface area contributed by atoms with Gasteiger partial charge < -0.3 is 0 Å². The molecule has 0 atom stereocenters. The van der Waals surface area contributed by atoms with Crippen LogP contribution in [0.15, 0.2) is 47.4 Å². The molecule has 20 heavy (non-hydrogen) atoms. The van der Waals surface area contributed by atoms with Crippen molar-refractivity contribution in [2.45, 2.75) is 6.92 Å². The molecule has 0 aromatic heterocycles. The van der Waals surface area contributed by atoms with E-state index in [4.69, 9.17) is 12.2 Å². The molecule has 1 fully saturated rings. The van der Waals surface area contributed by atoms with Gasteiger partial charge >= 0.3 is 0 Å². The summed E-state index contributed by atoms with van der Waals surface area (Å²) in [5, 5.41) is 2.37. The van der Waals surface area contributed by atoms with Crippen molar-refractivity contribution in [3.63, 3.8) is 0 Å². The van der Waals surface area contributed by atoms with E-state index < -0.39 is 0 Å². The van der Waals surface area contributed by atoms with Crippen LogP contribution in [0.3, 0.4) is 0 Å². The molecule has 1 amide bonds. The van der Waals surface area contributed by atoms with Gasteiger partial charge in [0.25, 0.3) is 5.91 Å². The first-order valence-electron chi connectivity index (χ1n) is 6.43. The van der Waals surface area contributed by atoms with Gasteiger partial charge in [-0.2, -0.15) is 0 Å². The number of thioether (sulfide) groups is 1. The van der Waals surface area contributed by atoms with Crippen LogP contribution in [0.5, 0.6) is 0 Å². The van der Waals surface area contributed by atoms with E-state index in [1.807, 2.05) is 31.2 Å². The lowest BCUT2D eigenvalue weighted by molar-refractivity contribution is -0.121. The summed E-state index contributed by atoms with van der Waals surface area (Å²) in [5.41, 5.74) is 1.03. The Hall–Kier alpha value is -1.65. The molecule has 2 nitrogen and oxygen atoms in total. The highest BCUT2D eigenvalue weighted by molar-refractivity contribution is 8.26. The Morgan fingerprint density at radius 3 is 2.65 bits per heavy atom. The van der Waals surface area contributed by atoms with E-state index in [0.717, 1.165) is 5.56 Å². The highest BCUT2D eigenvalue weighted by atomic mass is 32.2. The molecule has 100 valence electrons. The van der Waals surface area contributed by atoms with Gasteiger partial charge in [-0.25, -0.2) is 0 Å². The number of carbonyl (C=O) groups is 1. The van der Waals surface area contributed by atoms with E-state index in [1.165, 1.54) is 22.5 Å². The molecular weight excluding hydrogens is 286 g/mol. The Bertz CT molecular complexity index is 736. The van der Waals surface area contributed by atoms with Crippen molar-refractivity contribution in [2.24, 2.45) is 0 Å². The lowest BCUT2D eigenvalue weighted by atomic mass is 10.1. The quantitative estimate of drug-likeness (QED) is 0.616. The lowest BCUT2D eigenvalue weighted by Crippen LogP contribution is -2.27. The molecule has 1 heterocycles. The number of fused-ring (bicyclic) bond motifs is 1. The van der Waals surface area contributed by atoms with Gasteiger partial charge in [-0.3, -0.25) is 9.69 Å². The minimum Gasteiger partial charge on any atom is -0.293 e. The fourth-order valence-electron chi connectivity index (χ4n) is 2.22. The molecule has 4 heteroatoms. The second kappa shape index (κ2) is 5.38. The zero-order valence-corrected chi connectivity index (χ0v) is 12.6. The molecule has 0 N–H and O–H groups in total. The SMILES string of the molecule is CCN1C(=O)C(=Cc2ccc3ccccc3c2)SC1=S. The summed E-state index contributed by atoms with van der Waals surface area (Å²) >= 11 is 6.59. The zero-order chi connectivity index (χ0) is 14.1. The summed E-state index contributed by atoms with van der Waals surface area (Å²) in [4.78, 5) is 14.5. The number of benzene rings is 2. The third-order valence-corrected chi connectivity index (χ3v) is 4.64. The van der Waals surface area contributed by atoms with Crippen LogP contribution < -0.4 is 0 Å². The van der Waals surface area contributed by atoms with Crippen molar-refractivity contribution in [2.75, 3.05) is 6.54 Å². The number of amides is 1. The van der Waals surface area contributed by atoms with E-state index in [0.29, 0.717) is 15.8 Å². The first-order valence-corrected chi connectivity index (χ1v) is 7.65. The van der Waals surface area contributed by atoms with Crippen LogP contribution in [-0.2, 0) is 4.79 Å². The Labute approximate surface area is 127 Å². The number of rotatable bonds is 2. The Kier molecular flexibility index (Phi) is 3.59. The number of likely N-dealkylation sites (N-methyl/N-ethyl adjacent to an activating group) is 1. The highest BCUT2D eigenvalue weighted by Crippen LogP contribution is 2.32. The molecule has 1 aliphatic heterocycles. The van der Waals surface area contributed by atoms with E-state index in [-0.39, 0.29) is 5.91 Å². The topological polar surface area (TPSA) is 20.3 Å². The molecule has 0 spiro atoms. The summed E-state index contributed by atoms with van der Waals surface area (Å²) in [6.07, 6.45) is 1.92. The molecule has 0 saturated carbocycles. The first-order chi connectivity index (χ1) is 9.69. The van der Waals surface area contributed by atoms with Crippen molar-refractivity contribution < 1.29 is 4.79 Å². The average Bonchev–Trinajstić information content (AvgIpc) is 2.73. The molecule has 0 radical (unpaired) electrons. The van der Waals surface area contributed by atoms with Gasteiger partial charge in [0, 0.05) is 6.54 Å². The van der Waals surface area contributed by atoms with Crippen LogP contribution in [0.4, 0.5) is 0 Å². The smallest absolute Gasteiger partial charge is 0.266 e. The fraction of sp³-hybridized carbons (Fsp3) is 0.125. The predicted molar refractivity (Wildman–Crippen MR) is 89.5 cm³/mol.